The van der Waals surface area contributed by atoms with Gasteiger partial charge in [0.1, 0.15) is 5.54 Å². The number of amides is 2. The highest BCUT2D eigenvalue weighted by atomic mass is 16.2. The van der Waals surface area contributed by atoms with Gasteiger partial charge in [-0.05, 0) is 48.7 Å². The predicted molar refractivity (Wildman–Crippen MR) is 134 cm³/mol. The first-order valence-corrected chi connectivity index (χ1v) is 11.6. The number of fused-ring (bicyclic) bond motifs is 1. The summed E-state index contributed by atoms with van der Waals surface area (Å²) in [6.07, 6.45) is 2.68. The van der Waals surface area contributed by atoms with Crippen molar-refractivity contribution in [3.8, 4) is 0 Å². The number of anilines is 1. The van der Waals surface area contributed by atoms with E-state index < -0.39 is 5.54 Å². The van der Waals surface area contributed by atoms with Crippen molar-refractivity contribution in [1.82, 2.24) is 9.88 Å². The number of nitrogens with zero attached hydrogens (tertiary/aromatic N) is 2. The SMILES string of the molecule is CC1(C(=O)Nc2cccc3ncccc23)CCN1C(=O)CC(c1ccccc1)c1ccccc1. The highest BCUT2D eigenvalue weighted by Gasteiger charge is 2.49. The van der Waals surface area contributed by atoms with Crippen LogP contribution in [-0.2, 0) is 9.59 Å². The molecule has 0 radical (unpaired) electrons. The number of nitrogens with one attached hydrogen (secondary N) is 1. The van der Waals surface area contributed by atoms with Gasteiger partial charge in [0.05, 0.1) is 11.2 Å². The number of aromatic nitrogens is 1. The summed E-state index contributed by atoms with van der Waals surface area (Å²) in [5.74, 6) is -0.243. The van der Waals surface area contributed by atoms with Crippen LogP contribution in [0.3, 0.4) is 0 Å². The summed E-state index contributed by atoms with van der Waals surface area (Å²) in [6, 6.07) is 29.6. The maximum atomic E-state index is 13.5. The molecule has 1 unspecified atom stereocenters. The van der Waals surface area contributed by atoms with Crippen LogP contribution in [0.25, 0.3) is 10.9 Å². The van der Waals surface area contributed by atoms with Gasteiger partial charge in [-0.3, -0.25) is 14.6 Å². The molecule has 3 aromatic carbocycles. The quantitative estimate of drug-likeness (QED) is 0.429. The highest BCUT2D eigenvalue weighted by molar-refractivity contribution is 6.06. The number of likely N-dealkylation sites (tertiary alicyclic amines) is 1. The Labute approximate surface area is 199 Å². The van der Waals surface area contributed by atoms with Gasteiger partial charge in [-0.2, -0.15) is 0 Å². The van der Waals surface area contributed by atoms with Gasteiger partial charge in [-0.15, -0.1) is 0 Å². The third-order valence-electron chi connectivity index (χ3n) is 6.88. The molecular weight excluding hydrogens is 422 g/mol. The minimum atomic E-state index is -0.876. The largest absolute Gasteiger partial charge is 0.328 e. The van der Waals surface area contributed by atoms with E-state index in [4.69, 9.17) is 0 Å². The van der Waals surface area contributed by atoms with Gasteiger partial charge in [-0.1, -0.05) is 66.7 Å². The van der Waals surface area contributed by atoms with E-state index in [9.17, 15) is 9.59 Å². The van der Waals surface area contributed by atoms with Crippen molar-refractivity contribution >= 4 is 28.4 Å². The van der Waals surface area contributed by atoms with Crippen LogP contribution in [0.2, 0.25) is 0 Å². The van der Waals surface area contributed by atoms with E-state index in [2.05, 4.69) is 34.6 Å². The zero-order valence-corrected chi connectivity index (χ0v) is 19.1. The molecule has 0 spiro atoms. The van der Waals surface area contributed by atoms with E-state index in [-0.39, 0.29) is 17.7 Å². The average Bonchev–Trinajstić information content (AvgIpc) is 2.87. The molecule has 5 nitrogen and oxygen atoms in total. The lowest BCUT2D eigenvalue weighted by molar-refractivity contribution is -0.154. The highest BCUT2D eigenvalue weighted by Crippen LogP contribution is 2.36. The monoisotopic (exact) mass is 449 g/mol. The first-order valence-electron chi connectivity index (χ1n) is 11.6. The fourth-order valence-electron chi connectivity index (χ4n) is 4.75. The zero-order chi connectivity index (χ0) is 23.5. The number of carbonyl (C=O) groups excluding carboxylic acids is 2. The number of benzene rings is 3. The molecule has 170 valence electrons. The van der Waals surface area contributed by atoms with E-state index >= 15 is 0 Å². The average molecular weight is 450 g/mol. The molecule has 1 aliphatic rings. The van der Waals surface area contributed by atoms with Gasteiger partial charge in [0.2, 0.25) is 11.8 Å². The first kappa shape index (κ1) is 21.8. The molecular formula is C29H27N3O2. The lowest BCUT2D eigenvalue weighted by Crippen LogP contribution is -2.66. The van der Waals surface area contributed by atoms with Crippen molar-refractivity contribution in [2.75, 3.05) is 11.9 Å². The Balaban J connectivity index is 1.36. The molecule has 1 saturated heterocycles. The van der Waals surface area contributed by atoms with E-state index in [1.165, 1.54) is 0 Å². The number of hydrogen-bond acceptors (Lipinski definition) is 3. The van der Waals surface area contributed by atoms with Gasteiger partial charge in [-0.25, -0.2) is 0 Å². The van der Waals surface area contributed by atoms with Crippen LogP contribution in [0.5, 0.6) is 0 Å². The Morgan fingerprint density at radius 1 is 0.912 bits per heavy atom. The van der Waals surface area contributed by atoms with E-state index in [1.807, 2.05) is 73.7 Å². The van der Waals surface area contributed by atoms with Gasteiger partial charge < -0.3 is 10.2 Å². The third kappa shape index (κ3) is 4.05. The molecule has 0 saturated carbocycles. The van der Waals surface area contributed by atoms with Crippen molar-refractivity contribution < 1.29 is 9.59 Å². The summed E-state index contributed by atoms with van der Waals surface area (Å²) < 4.78 is 0. The molecule has 0 aliphatic carbocycles. The fraction of sp³-hybridized carbons (Fsp3) is 0.207. The van der Waals surface area contributed by atoms with Crippen LogP contribution in [0.4, 0.5) is 5.69 Å². The van der Waals surface area contributed by atoms with Gasteiger partial charge in [0.25, 0.3) is 0 Å². The summed E-state index contributed by atoms with van der Waals surface area (Å²) >= 11 is 0. The lowest BCUT2D eigenvalue weighted by atomic mass is 9.82. The summed E-state index contributed by atoms with van der Waals surface area (Å²) in [5, 5.41) is 3.94. The maximum absolute atomic E-state index is 13.5. The Morgan fingerprint density at radius 3 is 2.21 bits per heavy atom. The number of rotatable bonds is 6. The topological polar surface area (TPSA) is 62.3 Å². The van der Waals surface area contributed by atoms with Crippen LogP contribution < -0.4 is 5.32 Å². The smallest absolute Gasteiger partial charge is 0.250 e. The first-order chi connectivity index (χ1) is 16.6. The Hall–Kier alpha value is -3.99. The van der Waals surface area contributed by atoms with Crippen LogP contribution in [0, 0.1) is 0 Å². The molecule has 1 N–H and O–H groups in total. The summed E-state index contributed by atoms with van der Waals surface area (Å²) in [6.45, 7) is 2.43. The van der Waals surface area contributed by atoms with Crippen molar-refractivity contribution in [3.63, 3.8) is 0 Å². The standard InChI is InChI=1S/C29H27N3O2/c1-29(28(34)31-26-16-8-15-25-23(26)14-9-18-30-25)17-19-32(29)27(33)20-24(21-10-4-2-5-11-21)22-12-6-3-7-13-22/h2-16,18,24H,17,19-20H2,1H3,(H,31,34). The molecule has 4 aromatic rings. The molecule has 34 heavy (non-hydrogen) atoms. The van der Waals surface area contributed by atoms with Crippen molar-refractivity contribution in [2.45, 2.75) is 31.2 Å². The Kier molecular flexibility index (Phi) is 5.84. The van der Waals surface area contributed by atoms with Crippen molar-refractivity contribution in [1.29, 1.82) is 0 Å². The van der Waals surface area contributed by atoms with Crippen molar-refractivity contribution in [3.05, 3.63) is 108 Å². The van der Waals surface area contributed by atoms with Gasteiger partial charge >= 0.3 is 0 Å². The second-order valence-electron chi connectivity index (χ2n) is 8.98. The molecule has 2 amide bonds. The summed E-state index contributed by atoms with van der Waals surface area (Å²) in [5.41, 5.74) is 2.84. The molecule has 1 aromatic heterocycles. The number of hydrogen-bond donors (Lipinski definition) is 1. The second kappa shape index (κ2) is 9.10. The predicted octanol–water partition coefficient (Wildman–Crippen LogP) is 5.39. The lowest BCUT2D eigenvalue weighted by Gasteiger charge is -2.49. The molecule has 1 aliphatic heterocycles. The molecule has 5 rings (SSSR count). The Morgan fingerprint density at radius 2 is 1.59 bits per heavy atom. The van der Waals surface area contributed by atoms with Crippen LogP contribution in [-0.4, -0.2) is 33.8 Å². The molecule has 1 fully saturated rings. The van der Waals surface area contributed by atoms with Gasteiger partial charge in [0.15, 0.2) is 0 Å². The minimum absolute atomic E-state index is 0.0128. The van der Waals surface area contributed by atoms with E-state index in [0.717, 1.165) is 22.0 Å². The minimum Gasteiger partial charge on any atom is -0.328 e. The molecule has 2 heterocycles. The van der Waals surface area contributed by atoms with E-state index in [1.54, 1.807) is 11.1 Å². The van der Waals surface area contributed by atoms with Gasteiger partial charge in [0, 0.05) is 30.5 Å². The third-order valence-corrected chi connectivity index (χ3v) is 6.88. The molecule has 0 bridgehead atoms. The second-order valence-corrected chi connectivity index (χ2v) is 8.98. The molecule has 5 heteroatoms. The normalized spacial score (nSPS) is 17.4. The summed E-state index contributed by atoms with van der Waals surface area (Å²) in [4.78, 5) is 33.0. The Bertz CT molecular complexity index is 1280. The van der Waals surface area contributed by atoms with E-state index in [0.29, 0.717) is 25.1 Å². The maximum Gasteiger partial charge on any atom is 0.250 e. The number of carbonyl (C=O) groups is 2. The number of pyridine rings is 1. The molecule has 1 atom stereocenters. The zero-order valence-electron chi connectivity index (χ0n) is 19.1. The van der Waals surface area contributed by atoms with Crippen LogP contribution in [0.1, 0.15) is 36.8 Å². The van der Waals surface area contributed by atoms with Crippen LogP contribution in [0.15, 0.2) is 97.2 Å². The fourth-order valence-corrected chi connectivity index (χ4v) is 4.75. The van der Waals surface area contributed by atoms with Crippen LogP contribution >= 0.6 is 0 Å². The van der Waals surface area contributed by atoms with Crippen molar-refractivity contribution in [2.24, 2.45) is 0 Å². The summed E-state index contributed by atoms with van der Waals surface area (Å²) in [7, 11) is 0.